The maximum atomic E-state index is 0. The molecule has 0 rings (SSSR count). The molecule has 0 heterocycles. The maximum Gasteiger partial charge on any atom is 0 e. The Kier molecular flexibility index (Phi) is 122. The van der Waals surface area contributed by atoms with Gasteiger partial charge in [-0.25, -0.2) is 0 Å². The van der Waals surface area contributed by atoms with Crippen LogP contribution in [-0.2, 0) is 87.0 Å². The first-order valence-corrected chi connectivity index (χ1v) is 0. The summed E-state index contributed by atoms with van der Waals surface area (Å²) in [6.07, 6.45) is 0. The van der Waals surface area contributed by atoms with E-state index < -0.39 is 0 Å². The molecule has 0 saturated heterocycles. The van der Waals surface area contributed by atoms with Crippen molar-refractivity contribution in [1.29, 1.82) is 0 Å². The monoisotopic (exact) mass is 377 g/mol. The Bertz CT molecular complexity index is 8.00. The second-order valence-electron chi connectivity index (χ2n) is 0. The van der Waals surface area contributed by atoms with Crippen LogP contribution in [-0.4, -0.2) is 0 Å². The molecule has 0 bridgehead atoms. The zero-order valence-corrected chi connectivity index (χ0v) is 10.3. The molecule has 0 nitrogen and oxygen atoms in total. The molecule has 0 saturated carbocycles. The molecule has 4 heteroatoms. The standard InChI is InChI=1S/Fe.Hf.Nb.Ti. The van der Waals surface area contributed by atoms with E-state index in [1.807, 2.05) is 0 Å². The van der Waals surface area contributed by atoms with Gasteiger partial charge in [-0.15, -0.1) is 0 Å². The van der Waals surface area contributed by atoms with Crippen molar-refractivity contribution < 1.29 is 87.0 Å². The molecule has 0 aliphatic rings. The predicted molar refractivity (Wildman–Crippen MR) is 0 cm³/mol. The zero-order chi connectivity index (χ0) is 0. The molecule has 0 aromatic carbocycles. The van der Waals surface area contributed by atoms with Gasteiger partial charge < -0.3 is 0 Å². The van der Waals surface area contributed by atoms with Crippen molar-refractivity contribution in [1.82, 2.24) is 0 Å². The fraction of sp³-hybridized carbons (Fsp3) is 0. The molecule has 0 atom stereocenters. The van der Waals surface area contributed by atoms with Crippen LogP contribution in [0.5, 0.6) is 0 Å². The first-order chi connectivity index (χ1) is 0. The van der Waals surface area contributed by atoms with Gasteiger partial charge in [-0.05, 0) is 0 Å². The summed E-state index contributed by atoms with van der Waals surface area (Å²) in [5.74, 6) is 0. The Morgan fingerprint density at radius 3 is 1.00 bits per heavy atom. The predicted octanol–water partition coefficient (Wildman–Crippen LogP) is -0.0100. The summed E-state index contributed by atoms with van der Waals surface area (Å²) in [4.78, 5) is 0. The third-order valence-corrected chi connectivity index (χ3v) is 0. The summed E-state index contributed by atoms with van der Waals surface area (Å²) < 4.78 is 0. The average Bonchev–Trinajstić information content (AvgIpc) is 0. The summed E-state index contributed by atoms with van der Waals surface area (Å²) in [6.45, 7) is 0. The third-order valence-electron chi connectivity index (χ3n) is 0. The van der Waals surface area contributed by atoms with Gasteiger partial charge in [-0.1, -0.05) is 0 Å². The quantitative estimate of drug-likeness (QED) is 0.523. The van der Waals surface area contributed by atoms with E-state index in [2.05, 4.69) is 0 Å². The summed E-state index contributed by atoms with van der Waals surface area (Å²) in [6, 6.07) is 0. The van der Waals surface area contributed by atoms with Crippen molar-refractivity contribution in [2.45, 2.75) is 0 Å². The molecular formula is FeHfNbTi. The Labute approximate surface area is 85.5 Å². The van der Waals surface area contributed by atoms with Gasteiger partial charge in [0.2, 0.25) is 0 Å². The first kappa shape index (κ1) is 28.9. The van der Waals surface area contributed by atoms with Crippen LogP contribution < -0.4 is 0 Å². The van der Waals surface area contributed by atoms with Gasteiger partial charge in [-0.3, -0.25) is 0 Å². The summed E-state index contributed by atoms with van der Waals surface area (Å²) in [5.41, 5.74) is 0. The largest absolute Gasteiger partial charge is 0 e. The fourth-order valence-corrected chi connectivity index (χ4v) is 0. The minimum absolute atomic E-state index is 0. The van der Waals surface area contributed by atoms with Gasteiger partial charge in [0.15, 0.2) is 0 Å². The molecule has 1 radical (unpaired) electrons. The Hall–Kier alpha value is 2.84. The topological polar surface area (TPSA) is 0 Å². The van der Waals surface area contributed by atoms with Crippen molar-refractivity contribution >= 4 is 0 Å². The van der Waals surface area contributed by atoms with Crippen LogP contribution >= 0.6 is 0 Å². The van der Waals surface area contributed by atoms with Crippen molar-refractivity contribution in [2.75, 3.05) is 0 Å². The smallest absolute Gasteiger partial charge is 0 e. The molecule has 0 aromatic heterocycles. The molecule has 0 unspecified atom stereocenters. The molecule has 0 spiro atoms. The normalized spacial score (nSPS) is 0. The number of hydrogen-bond donors (Lipinski definition) is 0. The van der Waals surface area contributed by atoms with E-state index in [0.717, 1.165) is 0 Å². The molecular weight excluding hydrogens is 375 g/mol. The zero-order valence-electron chi connectivity index (χ0n) is 1.80. The third kappa shape index (κ3) is 8.85. The van der Waals surface area contributed by atoms with Crippen LogP contribution in [0.15, 0.2) is 0 Å². The van der Waals surface area contributed by atoms with E-state index in [9.17, 15) is 0 Å². The molecule has 0 aliphatic carbocycles. The van der Waals surface area contributed by atoms with Crippen LogP contribution in [0.25, 0.3) is 0 Å². The van der Waals surface area contributed by atoms with E-state index in [0.29, 0.717) is 0 Å². The van der Waals surface area contributed by atoms with Crippen molar-refractivity contribution in [3.8, 4) is 0 Å². The van der Waals surface area contributed by atoms with Gasteiger partial charge in [0.1, 0.15) is 0 Å². The SMILES string of the molecule is [Fe].[Hf].[Nb].[Ti]. The van der Waals surface area contributed by atoms with Gasteiger partial charge in [0.25, 0.3) is 0 Å². The number of rotatable bonds is 0. The summed E-state index contributed by atoms with van der Waals surface area (Å²) in [7, 11) is 0. The minimum atomic E-state index is 0. The van der Waals surface area contributed by atoms with Crippen molar-refractivity contribution in [3.63, 3.8) is 0 Å². The van der Waals surface area contributed by atoms with Crippen LogP contribution in [0.2, 0.25) is 0 Å². The Balaban J connectivity index is 0. The Morgan fingerprint density at radius 2 is 1.00 bits per heavy atom. The Morgan fingerprint density at radius 1 is 1.00 bits per heavy atom. The first-order valence-electron chi connectivity index (χ1n) is 0. The van der Waals surface area contributed by atoms with Crippen LogP contribution in [0.3, 0.4) is 0 Å². The van der Waals surface area contributed by atoms with E-state index in [4.69, 9.17) is 0 Å². The van der Waals surface area contributed by atoms with Gasteiger partial charge >= 0.3 is 0 Å². The number of hydrogen-bond acceptors (Lipinski definition) is 0. The van der Waals surface area contributed by atoms with Gasteiger partial charge in [0.05, 0.1) is 0 Å². The van der Waals surface area contributed by atoms with Crippen LogP contribution in [0.1, 0.15) is 0 Å². The van der Waals surface area contributed by atoms with Gasteiger partial charge in [0, 0.05) is 87.0 Å². The second-order valence-corrected chi connectivity index (χ2v) is 0. The summed E-state index contributed by atoms with van der Waals surface area (Å²) in [5, 5.41) is 0. The van der Waals surface area contributed by atoms with Crippen molar-refractivity contribution in [3.05, 3.63) is 0 Å². The van der Waals surface area contributed by atoms with E-state index in [1.165, 1.54) is 0 Å². The van der Waals surface area contributed by atoms with E-state index >= 15 is 0 Å². The summed E-state index contributed by atoms with van der Waals surface area (Å²) >= 11 is 0. The molecule has 4 heavy (non-hydrogen) atoms. The molecule has 0 aliphatic heterocycles. The fourth-order valence-electron chi connectivity index (χ4n) is 0. The van der Waals surface area contributed by atoms with E-state index in [-0.39, 0.29) is 87.0 Å². The molecule has 0 amide bonds. The van der Waals surface area contributed by atoms with Gasteiger partial charge in [-0.2, -0.15) is 0 Å². The molecule has 0 fully saturated rings. The molecule has 0 aromatic rings. The van der Waals surface area contributed by atoms with Crippen LogP contribution in [0, 0.1) is 0 Å². The van der Waals surface area contributed by atoms with Crippen molar-refractivity contribution in [2.24, 2.45) is 0 Å². The average molecular weight is 375 g/mol. The molecule has 0 N–H and O–H groups in total. The maximum absolute atomic E-state index is 0. The second kappa shape index (κ2) is 17.0. The molecule has 21 valence electrons. The van der Waals surface area contributed by atoms with Crippen LogP contribution in [0.4, 0.5) is 0 Å². The van der Waals surface area contributed by atoms with E-state index in [1.54, 1.807) is 0 Å². The minimum Gasteiger partial charge on any atom is 0 e.